The number of ether oxygens (including phenoxy) is 2. The zero-order valence-electron chi connectivity index (χ0n) is 13.4. The summed E-state index contributed by atoms with van der Waals surface area (Å²) in [6, 6.07) is -0.517. The zero-order chi connectivity index (χ0) is 15.5. The van der Waals surface area contributed by atoms with Crippen LogP contribution in [0.5, 0.6) is 0 Å². The predicted molar refractivity (Wildman–Crippen MR) is 76.5 cm³/mol. The summed E-state index contributed by atoms with van der Waals surface area (Å²) in [6.07, 6.45) is 1.16. The van der Waals surface area contributed by atoms with Crippen LogP contribution < -0.4 is 5.32 Å². The van der Waals surface area contributed by atoms with E-state index in [0.29, 0.717) is 0 Å². The molecule has 1 amide bonds. The summed E-state index contributed by atoms with van der Waals surface area (Å²) in [5.41, 5.74) is -0.504. The Morgan fingerprint density at radius 2 is 1.70 bits per heavy atom. The first-order valence-electron chi connectivity index (χ1n) is 7.19. The van der Waals surface area contributed by atoms with Crippen LogP contribution in [0, 0.1) is 11.3 Å². The van der Waals surface area contributed by atoms with Gasteiger partial charge in [-0.1, -0.05) is 20.8 Å². The van der Waals surface area contributed by atoms with E-state index in [2.05, 4.69) is 10.1 Å². The Morgan fingerprint density at radius 1 is 1.20 bits per heavy atom. The van der Waals surface area contributed by atoms with Crippen molar-refractivity contribution in [2.45, 2.75) is 65.7 Å². The van der Waals surface area contributed by atoms with E-state index in [9.17, 15) is 9.59 Å². The number of ketones is 1. The molecule has 1 saturated heterocycles. The van der Waals surface area contributed by atoms with E-state index in [1.54, 1.807) is 0 Å². The van der Waals surface area contributed by atoms with Gasteiger partial charge in [0.05, 0.1) is 25.4 Å². The fourth-order valence-electron chi connectivity index (χ4n) is 2.78. The lowest BCUT2D eigenvalue weighted by molar-refractivity contribution is -0.132. The Hall–Kier alpha value is -1.10. The van der Waals surface area contributed by atoms with Crippen LogP contribution in [0.25, 0.3) is 0 Å². The van der Waals surface area contributed by atoms with Gasteiger partial charge in [0.15, 0.2) is 5.78 Å². The monoisotopic (exact) mass is 285 g/mol. The Kier molecular flexibility index (Phi) is 5.57. The molecule has 0 aromatic heterocycles. The van der Waals surface area contributed by atoms with Crippen LogP contribution in [0.4, 0.5) is 4.79 Å². The minimum absolute atomic E-state index is 0.0363. The van der Waals surface area contributed by atoms with Crippen LogP contribution in [0.1, 0.15) is 47.5 Å². The highest BCUT2D eigenvalue weighted by Gasteiger charge is 2.39. The molecular weight excluding hydrogens is 258 g/mol. The molecule has 1 fully saturated rings. The third-order valence-electron chi connectivity index (χ3n) is 3.69. The molecular formula is C15H27NO4. The summed E-state index contributed by atoms with van der Waals surface area (Å²) < 4.78 is 10.4. The topological polar surface area (TPSA) is 64.6 Å². The summed E-state index contributed by atoms with van der Waals surface area (Å²) in [5.74, 6) is 0.119. The predicted octanol–water partition coefficient (Wildman–Crippen LogP) is 2.53. The lowest BCUT2D eigenvalue weighted by Gasteiger charge is -2.38. The van der Waals surface area contributed by atoms with Gasteiger partial charge < -0.3 is 14.8 Å². The maximum atomic E-state index is 12.6. The number of methoxy groups -OCH3 is 1. The summed E-state index contributed by atoms with van der Waals surface area (Å²) >= 11 is 0. The van der Waals surface area contributed by atoms with E-state index in [4.69, 9.17) is 4.74 Å². The van der Waals surface area contributed by atoms with E-state index in [-0.39, 0.29) is 23.9 Å². The fraction of sp³-hybridized carbons (Fsp3) is 0.867. The molecule has 0 aliphatic carbocycles. The summed E-state index contributed by atoms with van der Waals surface area (Å²) in [7, 11) is 1.31. The first-order chi connectivity index (χ1) is 9.15. The maximum absolute atomic E-state index is 12.6. The highest BCUT2D eigenvalue weighted by Crippen LogP contribution is 2.31. The number of hydrogen-bond donors (Lipinski definition) is 1. The molecule has 0 spiro atoms. The highest BCUT2D eigenvalue weighted by atomic mass is 16.5. The average Bonchev–Trinajstić information content (AvgIpc) is 2.32. The van der Waals surface area contributed by atoms with Gasteiger partial charge in [0, 0.05) is 5.41 Å². The molecule has 5 nitrogen and oxygen atoms in total. The molecule has 0 bridgehead atoms. The largest absolute Gasteiger partial charge is 0.453 e. The second-order valence-electron chi connectivity index (χ2n) is 6.72. The van der Waals surface area contributed by atoms with Crippen LogP contribution in [0.2, 0.25) is 0 Å². The van der Waals surface area contributed by atoms with Gasteiger partial charge in [0.1, 0.15) is 0 Å². The number of Topliss-reactive ketones (excluding diaryl/α,β-unsaturated/α-hetero) is 1. The molecule has 0 saturated carbocycles. The van der Waals surface area contributed by atoms with Gasteiger partial charge in [-0.2, -0.15) is 0 Å². The van der Waals surface area contributed by atoms with Crippen molar-refractivity contribution in [3.8, 4) is 0 Å². The molecule has 0 aromatic rings. The summed E-state index contributed by atoms with van der Waals surface area (Å²) in [5, 5.41) is 2.72. The molecule has 5 heteroatoms. The molecule has 1 unspecified atom stereocenters. The molecule has 0 radical (unpaired) electrons. The summed E-state index contributed by atoms with van der Waals surface area (Å²) in [6.45, 7) is 9.60. The van der Waals surface area contributed by atoms with Gasteiger partial charge in [0.25, 0.3) is 0 Å². The third kappa shape index (κ3) is 4.47. The van der Waals surface area contributed by atoms with Gasteiger partial charge in [0.2, 0.25) is 0 Å². The Balaban J connectivity index is 2.91. The van der Waals surface area contributed by atoms with Crippen molar-refractivity contribution in [1.29, 1.82) is 0 Å². The molecule has 1 aliphatic heterocycles. The van der Waals surface area contributed by atoms with Crippen molar-refractivity contribution >= 4 is 11.9 Å². The lowest BCUT2D eigenvalue weighted by atomic mass is 9.77. The molecule has 1 heterocycles. The van der Waals surface area contributed by atoms with Gasteiger partial charge in [-0.3, -0.25) is 4.79 Å². The molecule has 1 N–H and O–H groups in total. The van der Waals surface area contributed by atoms with Crippen LogP contribution in [0.15, 0.2) is 0 Å². The SMILES string of the molecule is COC(=O)N[C@H](C(=O)C(C)(C)C)C1C[C@@H](C)O[C@@H](C)C1. The van der Waals surface area contributed by atoms with Crippen molar-refractivity contribution in [3.05, 3.63) is 0 Å². The van der Waals surface area contributed by atoms with Gasteiger partial charge >= 0.3 is 6.09 Å². The number of hydrogen-bond acceptors (Lipinski definition) is 4. The van der Waals surface area contributed by atoms with Crippen LogP contribution in [0.3, 0.4) is 0 Å². The first-order valence-corrected chi connectivity index (χ1v) is 7.19. The highest BCUT2D eigenvalue weighted by molar-refractivity contribution is 5.91. The first kappa shape index (κ1) is 17.0. The van der Waals surface area contributed by atoms with Crippen molar-refractivity contribution in [2.75, 3.05) is 7.11 Å². The quantitative estimate of drug-likeness (QED) is 0.865. The van der Waals surface area contributed by atoms with E-state index in [1.165, 1.54) is 7.11 Å². The van der Waals surface area contributed by atoms with E-state index in [1.807, 2.05) is 34.6 Å². The smallest absolute Gasteiger partial charge is 0.407 e. The van der Waals surface area contributed by atoms with Crippen molar-refractivity contribution in [1.82, 2.24) is 5.32 Å². The second kappa shape index (κ2) is 6.57. The molecule has 20 heavy (non-hydrogen) atoms. The number of alkyl carbamates (subject to hydrolysis) is 1. The summed E-state index contributed by atoms with van der Waals surface area (Å²) in [4.78, 5) is 24.2. The number of rotatable bonds is 3. The zero-order valence-corrected chi connectivity index (χ0v) is 13.4. The number of nitrogens with one attached hydrogen (secondary N) is 1. The number of carbonyl (C=O) groups is 2. The van der Waals surface area contributed by atoms with Gasteiger partial charge in [-0.25, -0.2) is 4.79 Å². The maximum Gasteiger partial charge on any atom is 0.407 e. The Bertz CT molecular complexity index is 351. The molecule has 0 aromatic carbocycles. The van der Waals surface area contributed by atoms with E-state index >= 15 is 0 Å². The van der Waals surface area contributed by atoms with E-state index < -0.39 is 17.6 Å². The van der Waals surface area contributed by atoms with Crippen molar-refractivity contribution in [3.63, 3.8) is 0 Å². The minimum Gasteiger partial charge on any atom is -0.453 e. The number of carbonyl (C=O) groups excluding carboxylic acids is 2. The second-order valence-corrected chi connectivity index (χ2v) is 6.72. The van der Waals surface area contributed by atoms with E-state index in [0.717, 1.165) is 12.8 Å². The molecule has 1 aliphatic rings. The lowest BCUT2D eigenvalue weighted by Crippen LogP contribution is -2.52. The van der Waals surface area contributed by atoms with Gasteiger partial charge in [-0.15, -0.1) is 0 Å². The standard InChI is InChI=1S/C15H27NO4/c1-9-7-11(8-10(2)20-9)12(16-14(18)19-6)13(17)15(3,4)5/h9-12H,7-8H2,1-6H3,(H,16,18)/t9-,10+,11?,12-/m0/s1. The van der Waals surface area contributed by atoms with Crippen LogP contribution >= 0.6 is 0 Å². The van der Waals surface area contributed by atoms with Crippen molar-refractivity contribution in [2.24, 2.45) is 11.3 Å². The fourth-order valence-corrected chi connectivity index (χ4v) is 2.78. The Morgan fingerprint density at radius 3 is 2.10 bits per heavy atom. The molecule has 116 valence electrons. The molecule has 1 rings (SSSR count). The van der Waals surface area contributed by atoms with Crippen molar-refractivity contribution < 1.29 is 19.1 Å². The normalized spacial score (nSPS) is 28.6. The number of amides is 1. The van der Waals surface area contributed by atoms with Gasteiger partial charge in [-0.05, 0) is 32.6 Å². The molecule has 4 atom stereocenters. The average molecular weight is 285 g/mol. The third-order valence-corrected chi connectivity index (χ3v) is 3.69. The minimum atomic E-state index is -0.556. The van der Waals surface area contributed by atoms with Crippen LogP contribution in [-0.2, 0) is 14.3 Å². The Labute approximate surface area is 121 Å². The van der Waals surface area contributed by atoms with Crippen LogP contribution in [-0.4, -0.2) is 37.2 Å².